The van der Waals surface area contributed by atoms with Gasteiger partial charge in [-0.05, 0) is 50.1 Å². The standard InChI is InChI=1S/C20H27N3O3/c1-5-23(6-2)16-9-11-19(21-14-16)22-20(24)12-8-15-7-10-17(25-3)18(13-15)26-4/h7,9-11,13-14H,5-6,8,12H2,1-4H3,(H,21,22,24). The molecule has 1 aromatic carbocycles. The highest BCUT2D eigenvalue weighted by Crippen LogP contribution is 2.28. The monoisotopic (exact) mass is 357 g/mol. The first kappa shape index (κ1) is 19.6. The zero-order valence-electron chi connectivity index (χ0n) is 15.9. The second-order valence-corrected chi connectivity index (χ2v) is 5.81. The third-order valence-corrected chi connectivity index (χ3v) is 4.23. The topological polar surface area (TPSA) is 63.7 Å². The molecule has 1 amide bonds. The van der Waals surface area contributed by atoms with Gasteiger partial charge in [-0.3, -0.25) is 4.79 Å². The van der Waals surface area contributed by atoms with E-state index < -0.39 is 0 Å². The summed E-state index contributed by atoms with van der Waals surface area (Å²) in [7, 11) is 3.20. The molecule has 6 nitrogen and oxygen atoms in total. The van der Waals surface area contributed by atoms with E-state index in [0.717, 1.165) is 24.3 Å². The normalized spacial score (nSPS) is 10.3. The Balaban J connectivity index is 1.91. The Labute approximate surface area is 155 Å². The minimum absolute atomic E-state index is 0.0668. The van der Waals surface area contributed by atoms with E-state index in [4.69, 9.17) is 9.47 Å². The van der Waals surface area contributed by atoms with Crippen LogP contribution in [0.3, 0.4) is 0 Å². The zero-order chi connectivity index (χ0) is 18.9. The molecule has 0 spiro atoms. The van der Waals surface area contributed by atoms with Crippen molar-refractivity contribution < 1.29 is 14.3 Å². The number of hydrogen-bond acceptors (Lipinski definition) is 5. The number of anilines is 2. The summed E-state index contributed by atoms with van der Waals surface area (Å²) in [6, 6.07) is 9.49. The van der Waals surface area contributed by atoms with Crippen molar-refractivity contribution in [1.82, 2.24) is 4.98 Å². The smallest absolute Gasteiger partial charge is 0.225 e. The average molecular weight is 357 g/mol. The van der Waals surface area contributed by atoms with Gasteiger partial charge in [-0.1, -0.05) is 6.07 Å². The van der Waals surface area contributed by atoms with Gasteiger partial charge in [0.25, 0.3) is 0 Å². The van der Waals surface area contributed by atoms with Crippen LogP contribution in [0.2, 0.25) is 0 Å². The van der Waals surface area contributed by atoms with Gasteiger partial charge >= 0.3 is 0 Å². The second kappa shape index (κ2) is 9.65. The molecule has 1 aromatic heterocycles. The fourth-order valence-corrected chi connectivity index (χ4v) is 2.74. The van der Waals surface area contributed by atoms with Gasteiger partial charge in [0.1, 0.15) is 5.82 Å². The molecule has 2 aromatic rings. The van der Waals surface area contributed by atoms with Crippen LogP contribution >= 0.6 is 0 Å². The van der Waals surface area contributed by atoms with E-state index >= 15 is 0 Å². The zero-order valence-corrected chi connectivity index (χ0v) is 15.9. The molecule has 2 rings (SSSR count). The molecule has 1 heterocycles. The number of aromatic nitrogens is 1. The predicted molar refractivity (Wildman–Crippen MR) is 104 cm³/mol. The molecule has 0 aliphatic carbocycles. The van der Waals surface area contributed by atoms with E-state index in [-0.39, 0.29) is 5.91 Å². The summed E-state index contributed by atoms with van der Waals surface area (Å²) >= 11 is 0. The van der Waals surface area contributed by atoms with Gasteiger partial charge in [0.05, 0.1) is 26.1 Å². The fourth-order valence-electron chi connectivity index (χ4n) is 2.74. The Morgan fingerprint density at radius 2 is 1.81 bits per heavy atom. The number of carbonyl (C=O) groups excluding carboxylic acids is 1. The summed E-state index contributed by atoms with van der Waals surface area (Å²) < 4.78 is 10.5. The number of ether oxygens (including phenoxy) is 2. The van der Waals surface area contributed by atoms with E-state index in [9.17, 15) is 4.79 Å². The highest BCUT2D eigenvalue weighted by Gasteiger charge is 2.08. The number of aryl methyl sites for hydroxylation is 1. The largest absolute Gasteiger partial charge is 0.493 e. The van der Waals surface area contributed by atoms with Crippen LogP contribution < -0.4 is 19.7 Å². The van der Waals surface area contributed by atoms with Crippen molar-refractivity contribution in [2.75, 3.05) is 37.5 Å². The van der Waals surface area contributed by atoms with E-state index in [2.05, 4.69) is 29.0 Å². The third kappa shape index (κ3) is 5.12. The van der Waals surface area contributed by atoms with Gasteiger partial charge in [0.15, 0.2) is 11.5 Å². The van der Waals surface area contributed by atoms with E-state index in [1.807, 2.05) is 30.3 Å². The summed E-state index contributed by atoms with van der Waals surface area (Å²) in [6.07, 6.45) is 2.77. The highest BCUT2D eigenvalue weighted by atomic mass is 16.5. The number of amides is 1. The molecule has 1 N–H and O–H groups in total. The molecular weight excluding hydrogens is 330 g/mol. The highest BCUT2D eigenvalue weighted by molar-refractivity contribution is 5.90. The number of hydrogen-bond donors (Lipinski definition) is 1. The van der Waals surface area contributed by atoms with Crippen LogP contribution in [-0.2, 0) is 11.2 Å². The third-order valence-electron chi connectivity index (χ3n) is 4.23. The van der Waals surface area contributed by atoms with Crippen molar-refractivity contribution >= 4 is 17.4 Å². The Morgan fingerprint density at radius 3 is 2.38 bits per heavy atom. The summed E-state index contributed by atoms with van der Waals surface area (Å²) in [6.45, 7) is 6.06. The van der Waals surface area contributed by atoms with Crippen LogP contribution in [-0.4, -0.2) is 38.2 Å². The molecule has 0 saturated carbocycles. The quantitative estimate of drug-likeness (QED) is 0.744. The van der Waals surface area contributed by atoms with Gasteiger partial charge in [-0.25, -0.2) is 4.98 Å². The van der Waals surface area contributed by atoms with Crippen molar-refractivity contribution in [3.8, 4) is 11.5 Å². The maximum atomic E-state index is 12.2. The van der Waals surface area contributed by atoms with Crippen molar-refractivity contribution in [2.24, 2.45) is 0 Å². The number of methoxy groups -OCH3 is 2. The number of carbonyl (C=O) groups is 1. The van der Waals surface area contributed by atoms with Crippen LogP contribution in [0.4, 0.5) is 11.5 Å². The first-order valence-corrected chi connectivity index (χ1v) is 8.83. The molecule has 0 unspecified atom stereocenters. The molecule has 0 aliphatic rings. The lowest BCUT2D eigenvalue weighted by atomic mass is 10.1. The molecular formula is C20H27N3O3. The summed E-state index contributed by atoms with van der Waals surface area (Å²) in [5, 5.41) is 2.84. The van der Waals surface area contributed by atoms with E-state index in [0.29, 0.717) is 30.2 Å². The van der Waals surface area contributed by atoms with Crippen LogP contribution in [0.15, 0.2) is 36.5 Å². The number of benzene rings is 1. The first-order valence-electron chi connectivity index (χ1n) is 8.83. The Hall–Kier alpha value is -2.76. The first-order chi connectivity index (χ1) is 12.6. The number of nitrogens with one attached hydrogen (secondary N) is 1. The predicted octanol–water partition coefficient (Wildman–Crippen LogP) is 3.52. The average Bonchev–Trinajstić information content (AvgIpc) is 2.68. The Kier molecular flexibility index (Phi) is 7.26. The van der Waals surface area contributed by atoms with Crippen molar-refractivity contribution in [3.63, 3.8) is 0 Å². The van der Waals surface area contributed by atoms with Crippen molar-refractivity contribution in [1.29, 1.82) is 0 Å². The molecule has 0 atom stereocenters. The van der Waals surface area contributed by atoms with E-state index in [1.54, 1.807) is 20.4 Å². The van der Waals surface area contributed by atoms with Crippen LogP contribution in [0.5, 0.6) is 11.5 Å². The maximum absolute atomic E-state index is 12.2. The lowest BCUT2D eigenvalue weighted by Crippen LogP contribution is -2.22. The molecule has 6 heteroatoms. The Morgan fingerprint density at radius 1 is 1.08 bits per heavy atom. The van der Waals surface area contributed by atoms with E-state index in [1.165, 1.54) is 0 Å². The van der Waals surface area contributed by atoms with Crippen LogP contribution in [0.1, 0.15) is 25.8 Å². The van der Waals surface area contributed by atoms with Crippen molar-refractivity contribution in [3.05, 3.63) is 42.1 Å². The summed E-state index contributed by atoms with van der Waals surface area (Å²) in [5.41, 5.74) is 2.07. The van der Waals surface area contributed by atoms with Gasteiger partial charge in [-0.2, -0.15) is 0 Å². The molecule has 0 aliphatic heterocycles. The van der Waals surface area contributed by atoms with Gasteiger partial charge < -0.3 is 19.7 Å². The molecule has 0 fully saturated rings. The van der Waals surface area contributed by atoms with Crippen LogP contribution in [0, 0.1) is 0 Å². The number of pyridine rings is 1. The molecule has 0 radical (unpaired) electrons. The maximum Gasteiger partial charge on any atom is 0.225 e. The van der Waals surface area contributed by atoms with Crippen molar-refractivity contribution in [2.45, 2.75) is 26.7 Å². The van der Waals surface area contributed by atoms with Gasteiger partial charge in [-0.15, -0.1) is 0 Å². The molecule has 0 saturated heterocycles. The lowest BCUT2D eigenvalue weighted by Gasteiger charge is -2.20. The van der Waals surface area contributed by atoms with Crippen LogP contribution in [0.25, 0.3) is 0 Å². The van der Waals surface area contributed by atoms with Gasteiger partial charge in [0, 0.05) is 19.5 Å². The molecule has 140 valence electrons. The minimum atomic E-state index is -0.0668. The minimum Gasteiger partial charge on any atom is -0.493 e. The van der Waals surface area contributed by atoms with Gasteiger partial charge in [0.2, 0.25) is 5.91 Å². The summed E-state index contributed by atoms with van der Waals surface area (Å²) in [5.74, 6) is 1.85. The number of nitrogens with zero attached hydrogens (tertiary/aromatic N) is 2. The fraction of sp³-hybridized carbons (Fsp3) is 0.400. The lowest BCUT2D eigenvalue weighted by molar-refractivity contribution is -0.116. The molecule has 26 heavy (non-hydrogen) atoms. The second-order valence-electron chi connectivity index (χ2n) is 5.81. The SMILES string of the molecule is CCN(CC)c1ccc(NC(=O)CCc2ccc(OC)c(OC)c2)nc1. The Bertz CT molecular complexity index is 713. The number of rotatable bonds is 9. The molecule has 0 bridgehead atoms. The summed E-state index contributed by atoms with van der Waals surface area (Å²) in [4.78, 5) is 18.7.